The van der Waals surface area contributed by atoms with Gasteiger partial charge in [0, 0.05) is 24.9 Å². The van der Waals surface area contributed by atoms with Crippen LogP contribution in [-0.2, 0) is 27.3 Å². The van der Waals surface area contributed by atoms with Gasteiger partial charge in [0.25, 0.3) is 5.69 Å². The van der Waals surface area contributed by atoms with E-state index in [9.17, 15) is 19.7 Å². The minimum atomic E-state index is -0.562. The van der Waals surface area contributed by atoms with Crippen LogP contribution in [0.25, 0.3) is 0 Å². The first-order valence-corrected chi connectivity index (χ1v) is 8.12. The Morgan fingerprint density at radius 1 is 1.15 bits per heavy atom. The Hall–Kier alpha value is -3.42. The van der Waals surface area contributed by atoms with Crippen molar-refractivity contribution in [3.63, 3.8) is 0 Å². The molecule has 0 N–H and O–H groups in total. The van der Waals surface area contributed by atoms with Gasteiger partial charge in [-0.05, 0) is 41.8 Å². The number of esters is 1. The smallest absolute Gasteiger partial charge is 0.414 e. The average Bonchev–Trinajstić information content (AvgIpc) is 2.66. The molecule has 1 amide bonds. The summed E-state index contributed by atoms with van der Waals surface area (Å²) in [4.78, 5) is 35.1. The van der Waals surface area contributed by atoms with Gasteiger partial charge in [0.2, 0.25) is 0 Å². The first-order chi connectivity index (χ1) is 12.8. The molecule has 27 heavy (non-hydrogen) atoms. The highest BCUT2D eigenvalue weighted by molar-refractivity contribution is 5.87. The number of aryl methyl sites for hydroxylation is 1. The standard InChI is InChI=1S/C19H20N2O6/c1-13-10-17(21(24)25)9-6-15(13)12-27-19(23)20(2)16-7-4-14(5-8-16)11-18(22)26-3/h4-10H,11-12H2,1-3H3. The molecule has 8 heteroatoms. The number of hydrogen-bond donors (Lipinski definition) is 0. The summed E-state index contributed by atoms with van der Waals surface area (Å²) < 4.78 is 9.89. The molecule has 0 aliphatic heterocycles. The second-order valence-corrected chi connectivity index (χ2v) is 5.90. The van der Waals surface area contributed by atoms with Crippen LogP contribution in [-0.4, -0.2) is 31.1 Å². The van der Waals surface area contributed by atoms with Crippen molar-refractivity contribution in [3.05, 3.63) is 69.3 Å². The van der Waals surface area contributed by atoms with E-state index in [0.29, 0.717) is 16.8 Å². The van der Waals surface area contributed by atoms with Crippen LogP contribution in [0.5, 0.6) is 0 Å². The molecule has 0 fully saturated rings. The van der Waals surface area contributed by atoms with E-state index in [-0.39, 0.29) is 24.7 Å². The van der Waals surface area contributed by atoms with Crippen LogP contribution in [0, 0.1) is 17.0 Å². The number of carbonyl (C=O) groups excluding carboxylic acids is 2. The molecule has 0 aliphatic carbocycles. The number of rotatable bonds is 6. The van der Waals surface area contributed by atoms with Gasteiger partial charge >= 0.3 is 12.1 Å². The minimum absolute atomic E-state index is 0.00737. The molecule has 0 aromatic heterocycles. The summed E-state index contributed by atoms with van der Waals surface area (Å²) >= 11 is 0. The summed E-state index contributed by atoms with van der Waals surface area (Å²) in [5.41, 5.74) is 2.73. The van der Waals surface area contributed by atoms with Crippen LogP contribution < -0.4 is 4.90 Å². The first kappa shape index (κ1) is 19.9. The molecule has 0 saturated carbocycles. The number of amides is 1. The largest absolute Gasteiger partial charge is 0.469 e. The van der Waals surface area contributed by atoms with E-state index in [1.54, 1.807) is 44.3 Å². The van der Waals surface area contributed by atoms with Crippen molar-refractivity contribution in [1.29, 1.82) is 0 Å². The molecule has 0 saturated heterocycles. The lowest BCUT2D eigenvalue weighted by molar-refractivity contribution is -0.384. The summed E-state index contributed by atoms with van der Waals surface area (Å²) in [6.07, 6.45) is -0.404. The molecule has 0 spiro atoms. The molecule has 0 bridgehead atoms. The van der Waals surface area contributed by atoms with E-state index in [4.69, 9.17) is 4.74 Å². The van der Waals surface area contributed by atoms with E-state index in [0.717, 1.165) is 5.56 Å². The molecule has 0 aliphatic rings. The van der Waals surface area contributed by atoms with Crippen LogP contribution in [0.1, 0.15) is 16.7 Å². The van der Waals surface area contributed by atoms with Gasteiger partial charge < -0.3 is 9.47 Å². The van der Waals surface area contributed by atoms with Crippen molar-refractivity contribution in [3.8, 4) is 0 Å². The zero-order valence-corrected chi connectivity index (χ0v) is 15.3. The van der Waals surface area contributed by atoms with Gasteiger partial charge in [-0.3, -0.25) is 19.8 Å². The quantitative estimate of drug-likeness (QED) is 0.438. The van der Waals surface area contributed by atoms with Gasteiger partial charge in [-0.25, -0.2) is 4.79 Å². The summed E-state index contributed by atoms with van der Waals surface area (Å²) in [5, 5.41) is 10.8. The van der Waals surface area contributed by atoms with Crippen molar-refractivity contribution >= 4 is 23.4 Å². The zero-order valence-electron chi connectivity index (χ0n) is 15.3. The molecule has 0 radical (unpaired) electrons. The molecule has 142 valence electrons. The van der Waals surface area contributed by atoms with E-state index in [1.807, 2.05) is 0 Å². The SMILES string of the molecule is COC(=O)Cc1ccc(N(C)C(=O)OCc2ccc([N+](=O)[O-])cc2C)cc1. The van der Waals surface area contributed by atoms with Gasteiger partial charge in [-0.1, -0.05) is 12.1 Å². The van der Waals surface area contributed by atoms with Crippen LogP contribution in [0.15, 0.2) is 42.5 Å². The molecule has 2 aromatic rings. The van der Waals surface area contributed by atoms with Crippen molar-refractivity contribution in [1.82, 2.24) is 0 Å². The fraction of sp³-hybridized carbons (Fsp3) is 0.263. The predicted molar refractivity (Wildman–Crippen MR) is 98.6 cm³/mol. The van der Waals surface area contributed by atoms with Crippen LogP contribution >= 0.6 is 0 Å². The second-order valence-electron chi connectivity index (χ2n) is 5.90. The van der Waals surface area contributed by atoms with Gasteiger partial charge in [0.15, 0.2) is 0 Å². The molecule has 0 unspecified atom stereocenters. The second kappa shape index (κ2) is 8.79. The summed E-state index contributed by atoms with van der Waals surface area (Å²) in [6, 6.07) is 11.3. The topological polar surface area (TPSA) is 99.0 Å². The average molecular weight is 372 g/mol. The van der Waals surface area contributed by atoms with E-state index < -0.39 is 11.0 Å². The van der Waals surface area contributed by atoms with E-state index in [2.05, 4.69) is 4.74 Å². The number of nitro groups is 1. The Kier molecular flexibility index (Phi) is 6.48. The zero-order chi connectivity index (χ0) is 20.0. The van der Waals surface area contributed by atoms with Crippen molar-refractivity contribution in [2.75, 3.05) is 19.1 Å². The highest BCUT2D eigenvalue weighted by Gasteiger charge is 2.14. The Balaban J connectivity index is 1.97. The maximum Gasteiger partial charge on any atom is 0.414 e. The Labute approximate surface area is 156 Å². The fourth-order valence-electron chi connectivity index (χ4n) is 2.37. The summed E-state index contributed by atoms with van der Waals surface area (Å²) in [7, 11) is 2.90. The highest BCUT2D eigenvalue weighted by Crippen LogP contribution is 2.19. The third-order valence-electron chi connectivity index (χ3n) is 4.06. The van der Waals surface area contributed by atoms with Gasteiger partial charge in [-0.15, -0.1) is 0 Å². The molecule has 2 aromatic carbocycles. The Bertz CT molecular complexity index is 848. The third-order valence-corrected chi connectivity index (χ3v) is 4.06. The normalized spacial score (nSPS) is 10.2. The number of nitro benzene ring substituents is 1. The van der Waals surface area contributed by atoms with Gasteiger partial charge in [0.05, 0.1) is 18.5 Å². The Morgan fingerprint density at radius 3 is 2.37 bits per heavy atom. The number of methoxy groups -OCH3 is 1. The van der Waals surface area contributed by atoms with Crippen molar-refractivity contribution in [2.24, 2.45) is 0 Å². The highest BCUT2D eigenvalue weighted by atomic mass is 16.6. The van der Waals surface area contributed by atoms with E-state index in [1.165, 1.54) is 24.1 Å². The van der Waals surface area contributed by atoms with Crippen LogP contribution in [0.2, 0.25) is 0 Å². The molecular weight excluding hydrogens is 352 g/mol. The molecular formula is C19H20N2O6. The van der Waals surface area contributed by atoms with Crippen molar-refractivity contribution in [2.45, 2.75) is 20.0 Å². The van der Waals surface area contributed by atoms with Crippen molar-refractivity contribution < 1.29 is 24.0 Å². The maximum absolute atomic E-state index is 12.2. The molecule has 8 nitrogen and oxygen atoms in total. The Morgan fingerprint density at radius 2 is 1.81 bits per heavy atom. The minimum Gasteiger partial charge on any atom is -0.469 e. The molecule has 2 rings (SSSR count). The summed E-state index contributed by atoms with van der Waals surface area (Å²) in [6.45, 7) is 1.73. The lowest BCUT2D eigenvalue weighted by Crippen LogP contribution is -2.27. The number of benzene rings is 2. The number of ether oxygens (including phenoxy) is 2. The number of non-ortho nitro benzene ring substituents is 1. The number of hydrogen-bond acceptors (Lipinski definition) is 6. The maximum atomic E-state index is 12.2. The van der Waals surface area contributed by atoms with Gasteiger partial charge in [0.1, 0.15) is 6.61 Å². The summed E-state index contributed by atoms with van der Waals surface area (Å²) in [5.74, 6) is -0.339. The van der Waals surface area contributed by atoms with Gasteiger partial charge in [-0.2, -0.15) is 0 Å². The molecule has 0 heterocycles. The monoisotopic (exact) mass is 372 g/mol. The fourth-order valence-corrected chi connectivity index (χ4v) is 2.37. The lowest BCUT2D eigenvalue weighted by Gasteiger charge is -2.18. The lowest BCUT2D eigenvalue weighted by atomic mass is 10.1. The molecule has 0 atom stereocenters. The van der Waals surface area contributed by atoms with Crippen LogP contribution in [0.4, 0.5) is 16.2 Å². The predicted octanol–water partition coefficient (Wildman–Crippen LogP) is 3.39. The number of nitrogens with zero attached hydrogens (tertiary/aromatic N) is 2. The number of anilines is 1. The first-order valence-electron chi connectivity index (χ1n) is 8.12. The third kappa shape index (κ3) is 5.27. The number of carbonyl (C=O) groups is 2. The van der Waals surface area contributed by atoms with Crippen LogP contribution in [0.3, 0.4) is 0 Å². The van der Waals surface area contributed by atoms with E-state index >= 15 is 0 Å².